The highest BCUT2D eigenvalue weighted by Gasteiger charge is 2.34. The van der Waals surface area contributed by atoms with E-state index in [9.17, 15) is 0 Å². The minimum atomic E-state index is -0.135. The van der Waals surface area contributed by atoms with Gasteiger partial charge in [0.2, 0.25) is 5.88 Å². The van der Waals surface area contributed by atoms with Crippen molar-refractivity contribution in [2.45, 2.75) is 12.8 Å². The number of ether oxygens (including phenoxy) is 2. The number of hydrogen-bond donors (Lipinski definition) is 0. The topological polar surface area (TPSA) is 61.5 Å². The third-order valence-corrected chi connectivity index (χ3v) is 6.93. The first kappa shape index (κ1) is 20.6. The van der Waals surface area contributed by atoms with Gasteiger partial charge in [0.1, 0.15) is 17.8 Å². The molecule has 0 saturated heterocycles. The number of benzene rings is 4. The van der Waals surface area contributed by atoms with Crippen LogP contribution in [-0.2, 0) is 0 Å². The highest BCUT2D eigenvalue weighted by molar-refractivity contribution is 5.91. The Hall–Kier alpha value is -4.71. The van der Waals surface area contributed by atoms with Crippen LogP contribution in [0.25, 0.3) is 27.8 Å². The van der Waals surface area contributed by atoms with E-state index in [1.165, 1.54) is 0 Å². The molecular weight excluding hydrogens is 448 g/mol. The van der Waals surface area contributed by atoms with Crippen molar-refractivity contribution >= 4 is 16.4 Å². The van der Waals surface area contributed by atoms with Gasteiger partial charge >= 0.3 is 0 Å². The van der Waals surface area contributed by atoms with Gasteiger partial charge in [-0.3, -0.25) is 0 Å². The van der Waals surface area contributed by atoms with E-state index in [0.717, 1.165) is 55.7 Å². The Kier molecular flexibility index (Phi) is 4.54. The van der Waals surface area contributed by atoms with Crippen LogP contribution in [0.1, 0.15) is 28.2 Å². The van der Waals surface area contributed by atoms with Gasteiger partial charge in [-0.15, -0.1) is 5.10 Å². The summed E-state index contributed by atoms with van der Waals surface area (Å²) in [7, 11) is 1.68. The normalized spacial score (nSPS) is 14.3. The lowest BCUT2D eigenvalue weighted by molar-refractivity contribution is 0.414. The van der Waals surface area contributed by atoms with Crippen LogP contribution < -0.4 is 9.47 Å². The summed E-state index contributed by atoms with van der Waals surface area (Å²) < 4.78 is 13.7. The molecule has 0 amide bonds. The Morgan fingerprint density at radius 3 is 2.53 bits per heavy atom. The Morgan fingerprint density at radius 1 is 0.889 bits per heavy atom. The van der Waals surface area contributed by atoms with Crippen LogP contribution >= 0.6 is 0 Å². The number of hydrogen-bond acceptors (Lipinski definition) is 5. The lowest BCUT2D eigenvalue weighted by atomic mass is 9.83. The molecular formula is C30H22N4O2. The van der Waals surface area contributed by atoms with Crippen molar-refractivity contribution in [2.75, 3.05) is 7.11 Å². The number of aryl methyl sites for hydroxylation is 1. The summed E-state index contributed by atoms with van der Waals surface area (Å²) >= 11 is 0. The summed E-state index contributed by atoms with van der Waals surface area (Å²) in [5, 5.41) is 6.96. The standard InChI is InChI=1S/C30H22N4O2/c1-18-7-3-5-9-22(18)28-32-29-26-25(20-11-14-21(35-2)15-12-20)24-16-13-19-8-4-6-10-23(19)27(24)36-30(26)31-17-34(29)33-28/h3-17,25H,1-2H3. The quantitative estimate of drug-likeness (QED) is 0.293. The van der Waals surface area contributed by atoms with Gasteiger partial charge in [-0.1, -0.05) is 72.8 Å². The molecule has 4 aromatic carbocycles. The van der Waals surface area contributed by atoms with Crippen LogP contribution in [0.3, 0.4) is 0 Å². The van der Waals surface area contributed by atoms with Gasteiger partial charge in [-0.25, -0.2) is 14.5 Å². The van der Waals surface area contributed by atoms with Crippen molar-refractivity contribution in [3.8, 4) is 28.8 Å². The number of rotatable bonds is 3. The number of nitrogens with zero attached hydrogens (tertiary/aromatic N) is 4. The van der Waals surface area contributed by atoms with E-state index in [1.54, 1.807) is 18.0 Å². The SMILES string of the molecule is COc1ccc(C2c3ccc4ccccc4c3Oc3ncn4nc(-c5ccccc5C)nc4c32)cc1. The van der Waals surface area contributed by atoms with Crippen LogP contribution in [0.4, 0.5) is 0 Å². The van der Waals surface area contributed by atoms with E-state index < -0.39 is 0 Å². The molecule has 0 radical (unpaired) electrons. The molecule has 2 aromatic heterocycles. The maximum atomic E-state index is 6.52. The van der Waals surface area contributed by atoms with E-state index >= 15 is 0 Å². The van der Waals surface area contributed by atoms with Gasteiger partial charge in [0, 0.05) is 22.4 Å². The zero-order valence-electron chi connectivity index (χ0n) is 19.8. The van der Waals surface area contributed by atoms with E-state index in [2.05, 4.69) is 49.4 Å². The van der Waals surface area contributed by atoms with Crippen molar-refractivity contribution in [1.29, 1.82) is 0 Å². The summed E-state index contributed by atoms with van der Waals surface area (Å²) in [5.74, 6) is 2.73. The van der Waals surface area contributed by atoms with Crippen molar-refractivity contribution in [2.24, 2.45) is 0 Å². The van der Waals surface area contributed by atoms with Gasteiger partial charge in [-0.2, -0.15) is 0 Å². The molecule has 1 aliphatic heterocycles. The number of methoxy groups -OCH3 is 1. The zero-order valence-corrected chi connectivity index (χ0v) is 19.8. The molecule has 174 valence electrons. The predicted molar refractivity (Wildman–Crippen MR) is 139 cm³/mol. The second kappa shape index (κ2) is 7.92. The van der Waals surface area contributed by atoms with E-state index in [0.29, 0.717) is 11.7 Å². The van der Waals surface area contributed by atoms with E-state index in [4.69, 9.17) is 24.5 Å². The first-order valence-corrected chi connectivity index (χ1v) is 11.9. The maximum absolute atomic E-state index is 6.52. The Labute approximate surface area is 207 Å². The summed E-state index contributed by atoms with van der Waals surface area (Å²) in [4.78, 5) is 9.71. The second-order valence-electron chi connectivity index (χ2n) is 9.00. The smallest absolute Gasteiger partial charge is 0.228 e. The highest BCUT2D eigenvalue weighted by Crippen LogP contribution is 2.50. The fraction of sp³-hybridized carbons (Fsp3) is 0.100. The van der Waals surface area contributed by atoms with Crippen LogP contribution in [-0.4, -0.2) is 26.7 Å². The fourth-order valence-corrected chi connectivity index (χ4v) is 5.13. The van der Waals surface area contributed by atoms with Crippen molar-refractivity contribution in [1.82, 2.24) is 19.6 Å². The van der Waals surface area contributed by atoms with Gasteiger partial charge in [0.05, 0.1) is 12.7 Å². The molecule has 6 aromatic rings. The summed E-state index contributed by atoms with van der Waals surface area (Å²) in [6.07, 6.45) is 1.68. The highest BCUT2D eigenvalue weighted by atomic mass is 16.5. The lowest BCUT2D eigenvalue weighted by Gasteiger charge is -2.28. The third kappa shape index (κ3) is 3.08. The summed E-state index contributed by atoms with van der Waals surface area (Å²) in [5.41, 5.74) is 5.93. The molecule has 0 spiro atoms. The average Bonchev–Trinajstić information content (AvgIpc) is 3.36. The minimum absolute atomic E-state index is 0.135. The van der Waals surface area contributed by atoms with E-state index in [-0.39, 0.29) is 5.92 Å². The molecule has 1 atom stereocenters. The molecule has 0 bridgehead atoms. The Bertz CT molecular complexity index is 1770. The van der Waals surface area contributed by atoms with Crippen LogP contribution in [0.2, 0.25) is 0 Å². The molecule has 0 N–H and O–H groups in total. The van der Waals surface area contributed by atoms with Gasteiger partial charge in [0.15, 0.2) is 11.5 Å². The maximum Gasteiger partial charge on any atom is 0.228 e. The molecule has 6 heteroatoms. The lowest BCUT2D eigenvalue weighted by Crippen LogP contribution is -2.15. The molecule has 1 aliphatic rings. The number of aromatic nitrogens is 4. The van der Waals surface area contributed by atoms with Crippen LogP contribution in [0.15, 0.2) is 91.3 Å². The molecule has 0 saturated carbocycles. The van der Waals surface area contributed by atoms with Gasteiger partial charge in [0.25, 0.3) is 0 Å². The number of fused-ring (bicyclic) bond motifs is 6. The summed E-state index contributed by atoms with van der Waals surface area (Å²) in [6.45, 7) is 2.07. The fourth-order valence-electron chi connectivity index (χ4n) is 5.13. The van der Waals surface area contributed by atoms with Crippen molar-refractivity contribution < 1.29 is 9.47 Å². The largest absolute Gasteiger partial charge is 0.497 e. The molecule has 6 nitrogen and oxygen atoms in total. The monoisotopic (exact) mass is 470 g/mol. The molecule has 36 heavy (non-hydrogen) atoms. The molecule has 1 unspecified atom stereocenters. The van der Waals surface area contributed by atoms with Crippen molar-refractivity contribution in [3.05, 3.63) is 114 Å². The van der Waals surface area contributed by atoms with E-state index in [1.807, 2.05) is 42.5 Å². The van der Waals surface area contributed by atoms with Crippen LogP contribution in [0.5, 0.6) is 17.4 Å². The Balaban J connectivity index is 1.51. The average molecular weight is 471 g/mol. The van der Waals surface area contributed by atoms with Crippen molar-refractivity contribution in [3.63, 3.8) is 0 Å². The molecule has 7 rings (SSSR count). The second-order valence-corrected chi connectivity index (χ2v) is 9.00. The molecule has 0 aliphatic carbocycles. The first-order chi connectivity index (χ1) is 17.7. The van der Waals surface area contributed by atoms with Gasteiger partial charge < -0.3 is 9.47 Å². The first-order valence-electron chi connectivity index (χ1n) is 11.9. The predicted octanol–water partition coefficient (Wildman–Crippen LogP) is 6.55. The van der Waals surface area contributed by atoms with Crippen LogP contribution in [0, 0.1) is 6.92 Å². The summed E-state index contributed by atoms with van der Waals surface area (Å²) in [6, 6.07) is 28.9. The third-order valence-electron chi connectivity index (χ3n) is 6.93. The Morgan fingerprint density at radius 2 is 1.69 bits per heavy atom. The zero-order chi connectivity index (χ0) is 24.2. The van der Waals surface area contributed by atoms with Gasteiger partial charge in [-0.05, 0) is 35.6 Å². The molecule has 3 heterocycles. The molecule has 0 fully saturated rings. The minimum Gasteiger partial charge on any atom is -0.497 e.